The topological polar surface area (TPSA) is 42.7 Å². The molecule has 4 nitrogen and oxygen atoms in total. The predicted octanol–water partition coefficient (Wildman–Crippen LogP) is 2.18. The zero-order chi connectivity index (χ0) is 12.3. The van der Waals surface area contributed by atoms with Gasteiger partial charge in [0, 0.05) is 18.5 Å². The second kappa shape index (κ2) is 5.63. The van der Waals surface area contributed by atoms with Crippen LogP contribution in [0.15, 0.2) is 6.33 Å². The van der Waals surface area contributed by atoms with Crippen LogP contribution in [0.2, 0.25) is 0 Å². The lowest BCUT2D eigenvalue weighted by molar-refractivity contribution is 0.448. The molecule has 0 amide bonds. The highest BCUT2D eigenvalue weighted by molar-refractivity contribution is 4.92. The molecule has 1 aromatic heterocycles. The molecule has 1 aliphatic rings. The monoisotopic (exact) mass is 236 g/mol. The van der Waals surface area contributed by atoms with E-state index in [-0.39, 0.29) is 0 Å². The van der Waals surface area contributed by atoms with Gasteiger partial charge in [-0.25, -0.2) is 9.67 Å². The number of rotatable bonds is 5. The highest BCUT2D eigenvalue weighted by atomic mass is 15.3. The van der Waals surface area contributed by atoms with Crippen molar-refractivity contribution in [1.82, 2.24) is 20.1 Å². The minimum Gasteiger partial charge on any atom is -0.314 e. The Bertz CT molecular complexity index is 345. The maximum Gasteiger partial charge on any atom is 0.138 e. The second-order valence-electron chi connectivity index (χ2n) is 5.35. The van der Waals surface area contributed by atoms with Crippen molar-refractivity contribution >= 4 is 0 Å². The van der Waals surface area contributed by atoms with Crippen LogP contribution in [0.1, 0.15) is 51.9 Å². The van der Waals surface area contributed by atoms with E-state index in [0.29, 0.717) is 6.04 Å². The van der Waals surface area contributed by atoms with Crippen molar-refractivity contribution in [2.45, 2.75) is 58.5 Å². The van der Waals surface area contributed by atoms with Crippen molar-refractivity contribution in [2.75, 3.05) is 6.54 Å². The van der Waals surface area contributed by atoms with E-state index in [1.54, 1.807) is 6.33 Å². The third-order valence-corrected chi connectivity index (χ3v) is 3.64. The molecule has 1 N–H and O–H groups in total. The molecule has 2 unspecified atom stereocenters. The van der Waals surface area contributed by atoms with Gasteiger partial charge in [0.1, 0.15) is 12.2 Å². The molecule has 17 heavy (non-hydrogen) atoms. The number of aromatic nitrogens is 3. The van der Waals surface area contributed by atoms with E-state index in [0.717, 1.165) is 30.7 Å². The Balaban J connectivity index is 1.91. The fraction of sp³-hybridized carbons (Fsp3) is 0.846. The van der Waals surface area contributed by atoms with Gasteiger partial charge in [0.15, 0.2) is 0 Å². The van der Waals surface area contributed by atoms with Crippen molar-refractivity contribution in [3.63, 3.8) is 0 Å². The molecule has 0 spiro atoms. The van der Waals surface area contributed by atoms with Crippen LogP contribution < -0.4 is 5.32 Å². The Hall–Kier alpha value is -0.900. The fourth-order valence-electron chi connectivity index (χ4n) is 2.84. The Morgan fingerprint density at radius 2 is 2.29 bits per heavy atom. The van der Waals surface area contributed by atoms with Gasteiger partial charge < -0.3 is 5.32 Å². The Morgan fingerprint density at radius 1 is 1.47 bits per heavy atom. The van der Waals surface area contributed by atoms with Crippen molar-refractivity contribution in [2.24, 2.45) is 5.92 Å². The van der Waals surface area contributed by atoms with Gasteiger partial charge in [0.05, 0.1) is 0 Å². The molecule has 96 valence electrons. The number of hydrogen-bond donors (Lipinski definition) is 1. The lowest BCUT2D eigenvalue weighted by Gasteiger charge is -2.13. The minimum absolute atomic E-state index is 0.415. The van der Waals surface area contributed by atoms with Crippen LogP contribution in [0, 0.1) is 5.92 Å². The van der Waals surface area contributed by atoms with E-state index >= 15 is 0 Å². The standard InChI is InChI=1S/C13H24N4/c1-4-14-12-6-5-11(7-12)8-13-15-9-16-17(13)10(2)3/h9-12,14H,4-8H2,1-3H3. The van der Waals surface area contributed by atoms with Gasteiger partial charge in [-0.3, -0.25) is 0 Å². The molecule has 1 saturated carbocycles. The highest BCUT2D eigenvalue weighted by Gasteiger charge is 2.25. The first-order valence-corrected chi connectivity index (χ1v) is 6.82. The Labute approximate surface area is 104 Å². The maximum atomic E-state index is 4.40. The van der Waals surface area contributed by atoms with Crippen molar-refractivity contribution in [3.05, 3.63) is 12.2 Å². The zero-order valence-corrected chi connectivity index (χ0v) is 11.2. The van der Waals surface area contributed by atoms with Gasteiger partial charge in [-0.15, -0.1) is 0 Å². The smallest absolute Gasteiger partial charge is 0.138 e. The van der Waals surface area contributed by atoms with Crippen LogP contribution >= 0.6 is 0 Å². The van der Waals surface area contributed by atoms with Gasteiger partial charge in [-0.2, -0.15) is 5.10 Å². The van der Waals surface area contributed by atoms with E-state index in [1.165, 1.54) is 19.3 Å². The van der Waals surface area contributed by atoms with Gasteiger partial charge in [0.25, 0.3) is 0 Å². The summed E-state index contributed by atoms with van der Waals surface area (Å²) in [6.45, 7) is 7.59. The number of hydrogen-bond acceptors (Lipinski definition) is 3. The third kappa shape index (κ3) is 3.06. The Morgan fingerprint density at radius 3 is 3.00 bits per heavy atom. The summed E-state index contributed by atoms with van der Waals surface area (Å²) < 4.78 is 2.06. The van der Waals surface area contributed by atoms with E-state index in [1.807, 2.05) is 0 Å². The zero-order valence-electron chi connectivity index (χ0n) is 11.2. The van der Waals surface area contributed by atoms with Crippen LogP contribution in [-0.4, -0.2) is 27.4 Å². The lowest BCUT2D eigenvalue weighted by Crippen LogP contribution is -2.26. The van der Waals surface area contributed by atoms with Crippen molar-refractivity contribution < 1.29 is 0 Å². The first-order chi connectivity index (χ1) is 8.20. The van der Waals surface area contributed by atoms with Gasteiger partial charge >= 0.3 is 0 Å². The summed E-state index contributed by atoms with van der Waals surface area (Å²) >= 11 is 0. The SMILES string of the molecule is CCNC1CCC(Cc2ncnn2C(C)C)C1. The summed E-state index contributed by atoms with van der Waals surface area (Å²) in [7, 11) is 0. The molecule has 1 fully saturated rings. The third-order valence-electron chi connectivity index (χ3n) is 3.64. The molecule has 0 saturated heterocycles. The molecule has 1 aliphatic carbocycles. The number of nitrogens with zero attached hydrogens (tertiary/aromatic N) is 3. The van der Waals surface area contributed by atoms with Gasteiger partial charge in [0.2, 0.25) is 0 Å². The average molecular weight is 236 g/mol. The molecular formula is C13H24N4. The molecule has 0 aliphatic heterocycles. The molecule has 2 rings (SSSR count). The van der Waals surface area contributed by atoms with Crippen LogP contribution in [0.3, 0.4) is 0 Å². The first-order valence-electron chi connectivity index (χ1n) is 6.82. The van der Waals surface area contributed by atoms with Gasteiger partial charge in [-0.05, 0) is 45.6 Å². The van der Waals surface area contributed by atoms with E-state index in [9.17, 15) is 0 Å². The second-order valence-corrected chi connectivity index (χ2v) is 5.35. The summed E-state index contributed by atoms with van der Waals surface area (Å²) in [4.78, 5) is 4.40. The van der Waals surface area contributed by atoms with Crippen LogP contribution in [0.5, 0.6) is 0 Å². The summed E-state index contributed by atoms with van der Waals surface area (Å²) in [5, 5.41) is 7.85. The quantitative estimate of drug-likeness (QED) is 0.852. The van der Waals surface area contributed by atoms with Crippen LogP contribution in [0.4, 0.5) is 0 Å². The summed E-state index contributed by atoms with van der Waals surface area (Å²) in [5.41, 5.74) is 0. The largest absolute Gasteiger partial charge is 0.314 e. The Kier molecular flexibility index (Phi) is 4.15. The van der Waals surface area contributed by atoms with E-state index in [4.69, 9.17) is 0 Å². The molecule has 0 aromatic carbocycles. The number of nitrogens with one attached hydrogen (secondary N) is 1. The van der Waals surface area contributed by atoms with Crippen LogP contribution in [-0.2, 0) is 6.42 Å². The van der Waals surface area contributed by atoms with E-state index in [2.05, 4.69) is 40.9 Å². The van der Waals surface area contributed by atoms with Gasteiger partial charge in [-0.1, -0.05) is 6.92 Å². The predicted molar refractivity (Wildman–Crippen MR) is 68.9 cm³/mol. The van der Waals surface area contributed by atoms with Crippen molar-refractivity contribution in [1.29, 1.82) is 0 Å². The normalized spacial score (nSPS) is 24.7. The molecular weight excluding hydrogens is 212 g/mol. The fourth-order valence-corrected chi connectivity index (χ4v) is 2.84. The van der Waals surface area contributed by atoms with Crippen molar-refractivity contribution in [3.8, 4) is 0 Å². The molecule has 1 heterocycles. The van der Waals surface area contributed by atoms with Crippen LogP contribution in [0.25, 0.3) is 0 Å². The molecule has 4 heteroatoms. The average Bonchev–Trinajstić information content (AvgIpc) is 2.89. The minimum atomic E-state index is 0.415. The summed E-state index contributed by atoms with van der Waals surface area (Å²) in [6, 6.07) is 1.14. The molecule has 0 bridgehead atoms. The summed E-state index contributed by atoms with van der Waals surface area (Å²) in [6.07, 6.45) is 6.70. The first kappa shape index (κ1) is 12.6. The molecule has 2 atom stereocenters. The maximum absolute atomic E-state index is 4.40. The highest BCUT2D eigenvalue weighted by Crippen LogP contribution is 2.28. The van der Waals surface area contributed by atoms with E-state index < -0.39 is 0 Å². The molecule has 0 radical (unpaired) electrons. The summed E-state index contributed by atoms with van der Waals surface area (Å²) in [5.74, 6) is 1.93. The molecule has 1 aromatic rings. The lowest BCUT2D eigenvalue weighted by atomic mass is 10.0.